The molecule has 3 rings (SSSR count). The lowest BCUT2D eigenvalue weighted by molar-refractivity contribution is 0.0997. The van der Waals surface area contributed by atoms with E-state index in [9.17, 15) is 4.79 Å². The molecule has 4 heteroatoms. The second kappa shape index (κ2) is 5.75. The number of halogens is 1. The SMILES string of the molecule is Cc1ccc(C)c(N(C)C(=O)c2sc3ccccc3c2Cl)c1. The van der Waals surface area contributed by atoms with Gasteiger partial charge < -0.3 is 4.90 Å². The molecular weight excluding hydrogens is 314 g/mol. The predicted molar refractivity (Wildman–Crippen MR) is 95.5 cm³/mol. The monoisotopic (exact) mass is 329 g/mol. The fourth-order valence-corrected chi connectivity index (χ4v) is 3.98. The summed E-state index contributed by atoms with van der Waals surface area (Å²) in [4.78, 5) is 15.1. The topological polar surface area (TPSA) is 20.3 Å². The fourth-order valence-electron chi connectivity index (χ4n) is 2.49. The quantitative estimate of drug-likeness (QED) is 0.612. The van der Waals surface area contributed by atoms with Crippen molar-refractivity contribution < 1.29 is 4.79 Å². The maximum atomic E-state index is 12.9. The van der Waals surface area contributed by atoms with Crippen LogP contribution in [0.25, 0.3) is 10.1 Å². The number of carbonyl (C=O) groups is 1. The fraction of sp³-hybridized carbons (Fsp3) is 0.167. The molecule has 0 atom stereocenters. The van der Waals surface area contributed by atoms with Crippen LogP contribution >= 0.6 is 22.9 Å². The molecule has 1 amide bonds. The van der Waals surface area contributed by atoms with E-state index in [0.29, 0.717) is 9.90 Å². The molecule has 0 spiro atoms. The van der Waals surface area contributed by atoms with Crippen molar-refractivity contribution in [3.05, 3.63) is 63.5 Å². The van der Waals surface area contributed by atoms with Gasteiger partial charge in [-0.3, -0.25) is 4.79 Å². The number of benzene rings is 2. The van der Waals surface area contributed by atoms with Gasteiger partial charge in [0.2, 0.25) is 0 Å². The minimum absolute atomic E-state index is 0.0695. The lowest BCUT2D eigenvalue weighted by Crippen LogP contribution is -2.26. The summed E-state index contributed by atoms with van der Waals surface area (Å²) in [6.45, 7) is 4.03. The largest absolute Gasteiger partial charge is 0.310 e. The molecule has 112 valence electrons. The molecule has 0 aliphatic rings. The second-order valence-corrected chi connectivity index (χ2v) is 6.83. The summed E-state index contributed by atoms with van der Waals surface area (Å²) in [6.07, 6.45) is 0. The van der Waals surface area contributed by atoms with Gasteiger partial charge in [0.15, 0.2) is 0 Å². The van der Waals surface area contributed by atoms with Gasteiger partial charge in [-0.05, 0) is 37.1 Å². The first kappa shape index (κ1) is 15.1. The summed E-state index contributed by atoms with van der Waals surface area (Å²) < 4.78 is 1.03. The van der Waals surface area contributed by atoms with E-state index in [-0.39, 0.29) is 5.91 Å². The van der Waals surface area contributed by atoms with Crippen LogP contribution in [0.2, 0.25) is 5.02 Å². The predicted octanol–water partition coefficient (Wildman–Crippen LogP) is 5.45. The molecular formula is C18H16ClNOS. The van der Waals surface area contributed by atoms with E-state index in [4.69, 9.17) is 11.6 Å². The zero-order chi connectivity index (χ0) is 15.9. The zero-order valence-electron chi connectivity index (χ0n) is 12.7. The highest BCUT2D eigenvalue weighted by Gasteiger charge is 2.22. The molecule has 22 heavy (non-hydrogen) atoms. The smallest absolute Gasteiger partial charge is 0.269 e. The van der Waals surface area contributed by atoms with Gasteiger partial charge in [0.1, 0.15) is 4.88 Å². The van der Waals surface area contributed by atoms with Gasteiger partial charge in [-0.25, -0.2) is 0 Å². The third kappa shape index (κ3) is 2.51. The molecule has 0 saturated carbocycles. The summed E-state index contributed by atoms with van der Waals surface area (Å²) in [6, 6.07) is 13.9. The van der Waals surface area contributed by atoms with Crippen molar-refractivity contribution in [1.82, 2.24) is 0 Å². The third-order valence-corrected chi connectivity index (χ3v) is 5.42. The molecule has 0 saturated heterocycles. The van der Waals surface area contributed by atoms with Crippen LogP contribution in [-0.2, 0) is 0 Å². The van der Waals surface area contributed by atoms with Crippen LogP contribution in [0.1, 0.15) is 20.8 Å². The molecule has 3 aromatic rings. The van der Waals surface area contributed by atoms with Gasteiger partial charge in [0.05, 0.1) is 5.02 Å². The highest BCUT2D eigenvalue weighted by atomic mass is 35.5. The molecule has 2 nitrogen and oxygen atoms in total. The van der Waals surface area contributed by atoms with Crippen LogP contribution in [0.5, 0.6) is 0 Å². The Morgan fingerprint density at radius 3 is 2.59 bits per heavy atom. The van der Waals surface area contributed by atoms with Crippen molar-refractivity contribution in [3.8, 4) is 0 Å². The van der Waals surface area contributed by atoms with Crippen LogP contribution in [0, 0.1) is 13.8 Å². The van der Waals surface area contributed by atoms with E-state index >= 15 is 0 Å². The molecule has 0 unspecified atom stereocenters. The maximum absolute atomic E-state index is 12.9. The number of amides is 1. The Hall–Kier alpha value is -1.84. The minimum atomic E-state index is -0.0695. The Kier molecular flexibility index (Phi) is 3.94. The average Bonchev–Trinajstić information content (AvgIpc) is 2.86. The normalized spacial score (nSPS) is 10.9. The summed E-state index contributed by atoms with van der Waals surface area (Å²) in [7, 11) is 1.80. The highest BCUT2D eigenvalue weighted by Crippen LogP contribution is 2.36. The molecule has 0 aliphatic carbocycles. The van der Waals surface area contributed by atoms with Gasteiger partial charge in [0, 0.05) is 22.8 Å². The average molecular weight is 330 g/mol. The van der Waals surface area contributed by atoms with Crippen LogP contribution < -0.4 is 4.90 Å². The van der Waals surface area contributed by atoms with E-state index in [1.54, 1.807) is 11.9 Å². The number of nitrogens with zero attached hydrogens (tertiary/aromatic N) is 1. The Bertz CT molecular complexity index is 869. The lowest BCUT2D eigenvalue weighted by Gasteiger charge is -2.19. The summed E-state index contributed by atoms with van der Waals surface area (Å²) in [5.41, 5.74) is 3.11. The zero-order valence-corrected chi connectivity index (χ0v) is 14.3. The number of carbonyl (C=O) groups excluding carboxylic acids is 1. The summed E-state index contributed by atoms with van der Waals surface area (Å²) in [5, 5.41) is 1.48. The molecule has 0 bridgehead atoms. The van der Waals surface area contributed by atoms with E-state index in [0.717, 1.165) is 26.9 Å². The van der Waals surface area contributed by atoms with E-state index < -0.39 is 0 Å². The highest BCUT2D eigenvalue weighted by molar-refractivity contribution is 7.21. The third-order valence-electron chi connectivity index (χ3n) is 3.76. The number of hydrogen-bond acceptors (Lipinski definition) is 2. The van der Waals surface area contributed by atoms with Gasteiger partial charge >= 0.3 is 0 Å². The molecule has 2 aromatic carbocycles. The van der Waals surface area contributed by atoms with Crippen molar-refractivity contribution in [2.24, 2.45) is 0 Å². The Labute approximate surface area is 138 Å². The van der Waals surface area contributed by atoms with Crippen LogP contribution in [0.3, 0.4) is 0 Å². The van der Waals surface area contributed by atoms with Crippen molar-refractivity contribution in [1.29, 1.82) is 0 Å². The first-order valence-corrected chi connectivity index (χ1v) is 8.21. The first-order valence-electron chi connectivity index (χ1n) is 7.01. The van der Waals surface area contributed by atoms with Crippen LogP contribution in [0.15, 0.2) is 42.5 Å². The molecule has 0 N–H and O–H groups in total. The van der Waals surface area contributed by atoms with Crippen molar-refractivity contribution in [2.45, 2.75) is 13.8 Å². The van der Waals surface area contributed by atoms with Crippen LogP contribution in [-0.4, -0.2) is 13.0 Å². The maximum Gasteiger partial charge on any atom is 0.269 e. The summed E-state index contributed by atoms with van der Waals surface area (Å²) in [5.74, 6) is -0.0695. The van der Waals surface area contributed by atoms with Gasteiger partial charge in [-0.15, -0.1) is 11.3 Å². The molecule has 0 radical (unpaired) electrons. The second-order valence-electron chi connectivity index (χ2n) is 5.40. The standard InChI is InChI=1S/C18H16ClNOS/c1-11-8-9-12(2)14(10-11)20(3)18(21)17-16(19)13-6-4-5-7-15(13)22-17/h4-10H,1-3H3. The van der Waals surface area contributed by atoms with Crippen molar-refractivity contribution in [3.63, 3.8) is 0 Å². The Morgan fingerprint density at radius 1 is 1.14 bits per heavy atom. The first-order chi connectivity index (χ1) is 10.5. The minimum Gasteiger partial charge on any atom is -0.310 e. The van der Waals surface area contributed by atoms with E-state index in [1.807, 2.05) is 56.3 Å². The van der Waals surface area contributed by atoms with Gasteiger partial charge in [0.25, 0.3) is 5.91 Å². The number of anilines is 1. The molecule has 0 fully saturated rings. The molecule has 1 aromatic heterocycles. The van der Waals surface area contributed by atoms with Crippen LogP contribution in [0.4, 0.5) is 5.69 Å². The Morgan fingerprint density at radius 2 is 1.86 bits per heavy atom. The molecule has 1 heterocycles. The van der Waals surface area contributed by atoms with E-state index in [1.165, 1.54) is 11.3 Å². The van der Waals surface area contributed by atoms with Crippen molar-refractivity contribution in [2.75, 3.05) is 11.9 Å². The van der Waals surface area contributed by atoms with Gasteiger partial charge in [-0.1, -0.05) is 41.9 Å². The number of rotatable bonds is 2. The number of hydrogen-bond donors (Lipinski definition) is 0. The molecule has 0 aliphatic heterocycles. The van der Waals surface area contributed by atoms with E-state index in [2.05, 4.69) is 0 Å². The number of fused-ring (bicyclic) bond motifs is 1. The Balaban J connectivity index is 2.05. The number of thiophene rings is 1. The number of aryl methyl sites for hydroxylation is 2. The lowest BCUT2D eigenvalue weighted by atomic mass is 10.1. The van der Waals surface area contributed by atoms with Crippen molar-refractivity contribution >= 4 is 44.6 Å². The van der Waals surface area contributed by atoms with Gasteiger partial charge in [-0.2, -0.15) is 0 Å². The summed E-state index contributed by atoms with van der Waals surface area (Å²) >= 11 is 7.86.